The van der Waals surface area contributed by atoms with Crippen LogP contribution < -0.4 is 19.3 Å². The fraction of sp³-hybridized carbons (Fsp3) is 0.700. The second-order valence-corrected chi connectivity index (χ2v) is 17.3. The van der Waals surface area contributed by atoms with Crippen LogP contribution in [-0.4, -0.2) is 127 Å². The molecule has 4 saturated heterocycles. The van der Waals surface area contributed by atoms with Crippen LogP contribution in [0.4, 0.5) is 21.2 Å². The third-order valence-corrected chi connectivity index (χ3v) is 10.4. The molecule has 5 heterocycles. The molecule has 4 aliphatic rings. The number of carbonyl (C=O) groups excluding carboxylic acids is 2. The fourth-order valence-electron chi connectivity index (χ4n) is 7.63. The van der Waals surface area contributed by atoms with Gasteiger partial charge in [-0.3, -0.25) is 0 Å². The van der Waals surface area contributed by atoms with E-state index >= 15 is 0 Å². The standard InChI is InChI=1S/C40H60N6O8/c1-28(2)52-33-24-31(41-34(42-33)45-21-22-50-39(26-45)13-17-43(18-14-39)35(47)53-37(3,4)5)32-25-51-40(27-46(32)29-11-10-12-30(23-29)49-9)15-19-44(20-16-40)36(48)54-38(6,7)8/h10-12,23-24,28,32H,13-22,25-27H2,1-9H3. The lowest BCUT2D eigenvalue weighted by Crippen LogP contribution is -2.59. The highest BCUT2D eigenvalue weighted by Crippen LogP contribution is 2.41. The zero-order valence-electron chi connectivity index (χ0n) is 33.7. The van der Waals surface area contributed by atoms with Crippen molar-refractivity contribution in [2.24, 2.45) is 0 Å². The summed E-state index contributed by atoms with van der Waals surface area (Å²) in [6.45, 7) is 20.2. The summed E-state index contributed by atoms with van der Waals surface area (Å²) in [6, 6.07) is 9.76. The minimum atomic E-state index is -0.556. The van der Waals surface area contributed by atoms with Gasteiger partial charge in [-0.2, -0.15) is 4.98 Å². The number of amides is 2. The van der Waals surface area contributed by atoms with Gasteiger partial charge in [0.25, 0.3) is 0 Å². The lowest BCUT2D eigenvalue weighted by Gasteiger charge is -2.51. The number of morpholine rings is 2. The molecular weight excluding hydrogens is 692 g/mol. The lowest BCUT2D eigenvalue weighted by molar-refractivity contribution is -0.104. The molecule has 1 unspecified atom stereocenters. The van der Waals surface area contributed by atoms with E-state index in [1.807, 2.05) is 79.7 Å². The minimum absolute atomic E-state index is 0.0932. The molecule has 2 aromatic rings. The molecule has 14 nitrogen and oxygen atoms in total. The molecular formula is C40H60N6O8. The van der Waals surface area contributed by atoms with Gasteiger partial charge in [0.15, 0.2) is 0 Å². The highest BCUT2D eigenvalue weighted by Gasteiger charge is 2.46. The minimum Gasteiger partial charge on any atom is -0.497 e. The second kappa shape index (κ2) is 15.6. The van der Waals surface area contributed by atoms with Crippen LogP contribution in [0.15, 0.2) is 30.3 Å². The smallest absolute Gasteiger partial charge is 0.410 e. The van der Waals surface area contributed by atoms with Crippen LogP contribution in [0.2, 0.25) is 0 Å². The number of carbonyl (C=O) groups is 2. The molecule has 1 atom stereocenters. The van der Waals surface area contributed by atoms with Gasteiger partial charge in [-0.1, -0.05) is 6.07 Å². The molecule has 0 saturated carbocycles. The van der Waals surface area contributed by atoms with Crippen LogP contribution in [0.5, 0.6) is 11.6 Å². The predicted molar refractivity (Wildman–Crippen MR) is 205 cm³/mol. The van der Waals surface area contributed by atoms with E-state index in [0.717, 1.165) is 17.1 Å². The van der Waals surface area contributed by atoms with Crippen LogP contribution in [0.1, 0.15) is 92.8 Å². The van der Waals surface area contributed by atoms with Crippen molar-refractivity contribution in [3.8, 4) is 11.6 Å². The van der Waals surface area contributed by atoms with Crippen molar-refractivity contribution >= 4 is 23.8 Å². The summed E-state index contributed by atoms with van der Waals surface area (Å²) >= 11 is 0. The van der Waals surface area contributed by atoms with E-state index in [4.69, 9.17) is 38.4 Å². The molecule has 0 bridgehead atoms. The van der Waals surface area contributed by atoms with E-state index < -0.39 is 22.4 Å². The van der Waals surface area contributed by atoms with Crippen molar-refractivity contribution in [3.63, 3.8) is 0 Å². The van der Waals surface area contributed by atoms with Gasteiger partial charge in [0, 0.05) is 57.1 Å². The van der Waals surface area contributed by atoms with Crippen molar-refractivity contribution in [3.05, 3.63) is 36.0 Å². The van der Waals surface area contributed by atoms with Gasteiger partial charge in [0.2, 0.25) is 11.8 Å². The van der Waals surface area contributed by atoms with Crippen molar-refractivity contribution in [1.29, 1.82) is 0 Å². The third kappa shape index (κ3) is 9.60. The van der Waals surface area contributed by atoms with Gasteiger partial charge in [-0.25, -0.2) is 14.6 Å². The van der Waals surface area contributed by atoms with Gasteiger partial charge >= 0.3 is 12.2 Å². The normalized spacial score (nSPS) is 21.7. The number of hydrogen-bond acceptors (Lipinski definition) is 12. The number of likely N-dealkylation sites (tertiary alicyclic amines) is 2. The van der Waals surface area contributed by atoms with Crippen molar-refractivity contribution in [2.75, 3.05) is 75.9 Å². The Morgan fingerprint density at radius 2 is 1.41 bits per heavy atom. The Bertz CT molecular complexity index is 1620. The number of ether oxygens (including phenoxy) is 6. The molecule has 298 valence electrons. The van der Waals surface area contributed by atoms with Crippen molar-refractivity contribution in [1.82, 2.24) is 19.8 Å². The first-order valence-corrected chi connectivity index (χ1v) is 19.4. The molecule has 6 rings (SSSR count). The van der Waals surface area contributed by atoms with Crippen LogP contribution in [0, 0.1) is 0 Å². The van der Waals surface area contributed by atoms with Crippen LogP contribution in [0.25, 0.3) is 0 Å². The average Bonchev–Trinajstić information content (AvgIpc) is 3.10. The number of methoxy groups -OCH3 is 1. The van der Waals surface area contributed by atoms with Crippen LogP contribution >= 0.6 is 0 Å². The van der Waals surface area contributed by atoms with Gasteiger partial charge in [0.05, 0.1) is 55.9 Å². The number of hydrogen-bond donors (Lipinski definition) is 0. The van der Waals surface area contributed by atoms with Crippen molar-refractivity contribution in [2.45, 2.75) is 116 Å². The molecule has 2 amide bonds. The molecule has 0 N–H and O–H groups in total. The Morgan fingerprint density at radius 1 is 0.815 bits per heavy atom. The highest BCUT2D eigenvalue weighted by molar-refractivity contribution is 5.69. The van der Waals surface area contributed by atoms with E-state index in [1.54, 1.807) is 16.9 Å². The Kier molecular flexibility index (Phi) is 11.5. The molecule has 4 fully saturated rings. The molecule has 54 heavy (non-hydrogen) atoms. The first kappa shape index (κ1) is 39.6. The summed E-state index contributed by atoms with van der Waals surface area (Å²) in [5, 5.41) is 0. The van der Waals surface area contributed by atoms with E-state index in [0.29, 0.717) is 96.5 Å². The van der Waals surface area contributed by atoms with Gasteiger partial charge in [0.1, 0.15) is 17.0 Å². The number of aromatic nitrogens is 2. The predicted octanol–water partition coefficient (Wildman–Crippen LogP) is 6.23. The Balaban J connectivity index is 1.25. The number of rotatable bonds is 6. The van der Waals surface area contributed by atoms with Crippen LogP contribution in [0.3, 0.4) is 0 Å². The summed E-state index contributed by atoms with van der Waals surface area (Å²) in [4.78, 5) is 44.0. The lowest BCUT2D eigenvalue weighted by atomic mass is 9.87. The number of anilines is 2. The maximum atomic E-state index is 12.9. The number of benzene rings is 1. The summed E-state index contributed by atoms with van der Waals surface area (Å²) < 4.78 is 36.5. The maximum absolute atomic E-state index is 12.9. The molecule has 2 spiro atoms. The average molecular weight is 753 g/mol. The SMILES string of the molecule is COc1cccc(N2CC3(CCN(C(=O)OC(C)(C)C)CC3)OCC2c2cc(OC(C)C)nc(N3CCOC4(CCN(C(=O)OC(C)(C)C)CC4)C3)n2)c1. The van der Waals surface area contributed by atoms with E-state index in [9.17, 15) is 9.59 Å². The summed E-state index contributed by atoms with van der Waals surface area (Å²) in [7, 11) is 1.67. The van der Waals surface area contributed by atoms with Crippen LogP contribution in [-0.2, 0) is 18.9 Å². The summed E-state index contributed by atoms with van der Waals surface area (Å²) in [5.74, 6) is 1.84. The fourth-order valence-corrected chi connectivity index (χ4v) is 7.63. The zero-order valence-corrected chi connectivity index (χ0v) is 33.7. The first-order chi connectivity index (χ1) is 25.4. The van der Waals surface area contributed by atoms with Gasteiger partial charge in [-0.15, -0.1) is 0 Å². The first-order valence-electron chi connectivity index (χ1n) is 19.4. The quantitative estimate of drug-likeness (QED) is 0.332. The number of nitrogens with zero attached hydrogens (tertiary/aromatic N) is 6. The van der Waals surface area contributed by atoms with Crippen molar-refractivity contribution < 1.29 is 38.0 Å². The zero-order chi connectivity index (χ0) is 38.9. The van der Waals surface area contributed by atoms with E-state index in [-0.39, 0.29) is 24.3 Å². The highest BCUT2D eigenvalue weighted by atomic mass is 16.6. The molecule has 4 aliphatic heterocycles. The molecule has 14 heteroatoms. The molecule has 0 radical (unpaired) electrons. The Hall–Kier alpha value is -4.04. The summed E-state index contributed by atoms with van der Waals surface area (Å²) in [6.07, 6.45) is 2.05. The number of piperidine rings is 2. The van der Waals surface area contributed by atoms with Gasteiger partial charge in [-0.05, 0) is 93.2 Å². The maximum Gasteiger partial charge on any atom is 0.410 e. The molecule has 0 aliphatic carbocycles. The Morgan fingerprint density at radius 3 is 1.96 bits per heavy atom. The van der Waals surface area contributed by atoms with Gasteiger partial charge < -0.3 is 48.0 Å². The summed E-state index contributed by atoms with van der Waals surface area (Å²) in [5.41, 5.74) is -0.218. The largest absolute Gasteiger partial charge is 0.497 e. The second-order valence-electron chi connectivity index (χ2n) is 17.3. The molecule has 1 aromatic carbocycles. The molecule has 1 aromatic heterocycles. The monoisotopic (exact) mass is 752 g/mol. The Labute approximate surface area is 320 Å². The van der Waals surface area contributed by atoms with E-state index in [2.05, 4.69) is 15.9 Å². The van der Waals surface area contributed by atoms with E-state index in [1.165, 1.54) is 0 Å². The third-order valence-electron chi connectivity index (χ3n) is 10.4. The topological polar surface area (TPSA) is 128 Å².